The lowest BCUT2D eigenvalue weighted by molar-refractivity contribution is 0.521. The topological polar surface area (TPSA) is 12.0 Å². The second kappa shape index (κ2) is 4.91. The molecule has 2 heteroatoms. The molecule has 2 aliphatic carbocycles. The van der Waals surface area contributed by atoms with Gasteiger partial charge in [0, 0.05) is 23.0 Å². The van der Waals surface area contributed by atoms with E-state index in [1.54, 1.807) is 0 Å². The van der Waals surface area contributed by atoms with Crippen molar-refractivity contribution >= 4 is 11.6 Å². The van der Waals surface area contributed by atoms with Gasteiger partial charge in [0.2, 0.25) is 0 Å². The van der Waals surface area contributed by atoms with E-state index in [1.165, 1.54) is 36.0 Å². The fourth-order valence-corrected chi connectivity index (χ4v) is 3.63. The molecule has 0 bridgehead atoms. The summed E-state index contributed by atoms with van der Waals surface area (Å²) in [7, 11) is 0. The van der Waals surface area contributed by atoms with E-state index in [0.29, 0.717) is 18.0 Å². The lowest BCUT2D eigenvalue weighted by atomic mass is 10.1. The second-order valence-corrected chi connectivity index (χ2v) is 6.40. The molecule has 0 aliphatic heterocycles. The predicted octanol–water partition coefficient (Wildman–Crippen LogP) is 4.47. The highest BCUT2D eigenvalue weighted by atomic mass is 35.5. The lowest BCUT2D eigenvalue weighted by Gasteiger charge is -2.14. The van der Waals surface area contributed by atoms with Gasteiger partial charge in [0.25, 0.3) is 0 Å². The van der Waals surface area contributed by atoms with Crippen molar-refractivity contribution in [1.82, 2.24) is 5.32 Å². The van der Waals surface area contributed by atoms with Crippen molar-refractivity contribution in [2.45, 2.75) is 37.3 Å². The van der Waals surface area contributed by atoms with Gasteiger partial charge in [0.05, 0.1) is 0 Å². The molecule has 0 spiro atoms. The quantitative estimate of drug-likeness (QED) is 0.876. The van der Waals surface area contributed by atoms with Crippen LogP contribution in [0.3, 0.4) is 0 Å². The molecular weight excluding hydrogens is 266 g/mol. The summed E-state index contributed by atoms with van der Waals surface area (Å²) in [4.78, 5) is 0. The molecule has 0 saturated heterocycles. The fourth-order valence-electron chi connectivity index (χ4n) is 3.45. The molecule has 0 heterocycles. The van der Waals surface area contributed by atoms with E-state index in [4.69, 9.17) is 11.6 Å². The van der Waals surface area contributed by atoms with Gasteiger partial charge in [-0.05, 0) is 48.1 Å². The number of halogens is 1. The first-order chi connectivity index (χ1) is 9.81. The average molecular weight is 284 g/mol. The summed E-state index contributed by atoms with van der Waals surface area (Å²) < 4.78 is 0. The zero-order chi connectivity index (χ0) is 13.5. The first kappa shape index (κ1) is 12.4. The molecular formula is C18H18ClN. The SMILES string of the molecule is Clc1ccc2c(c1)C(N[C@H]1C[C@@H]1c1ccccc1)CC2. The van der Waals surface area contributed by atoms with Crippen molar-refractivity contribution in [3.63, 3.8) is 0 Å². The Bertz CT molecular complexity index is 623. The highest BCUT2D eigenvalue weighted by Crippen LogP contribution is 2.44. The highest BCUT2D eigenvalue weighted by molar-refractivity contribution is 6.30. The summed E-state index contributed by atoms with van der Waals surface area (Å²) >= 11 is 6.14. The Labute approximate surface area is 125 Å². The number of nitrogens with one attached hydrogen (secondary N) is 1. The molecule has 1 N–H and O–H groups in total. The number of fused-ring (bicyclic) bond motifs is 1. The molecule has 2 aromatic rings. The minimum Gasteiger partial charge on any atom is -0.307 e. The van der Waals surface area contributed by atoms with Gasteiger partial charge in [-0.3, -0.25) is 0 Å². The minimum absolute atomic E-state index is 0.488. The first-order valence-electron chi connectivity index (χ1n) is 7.40. The summed E-state index contributed by atoms with van der Waals surface area (Å²) in [6.45, 7) is 0. The van der Waals surface area contributed by atoms with Gasteiger partial charge in [-0.1, -0.05) is 48.0 Å². The third kappa shape index (κ3) is 2.25. The summed E-state index contributed by atoms with van der Waals surface area (Å²) in [5.74, 6) is 0.694. The lowest BCUT2D eigenvalue weighted by Crippen LogP contribution is -2.22. The van der Waals surface area contributed by atoms with Crippen LogP contribution in [-0.2, 0) is 6.42 Å². The van der Waals surface area contributed by atoms with Gasteiger partial charge in [0.1, 0.15) is 0 Å². The third-order valence-electron chi connectivity index (χ3n) is 4.62. The molecule has 0 aromatic heterocycles. The monoisotopic (exact) mass is 283 g/mol. The Morgan fingerprint density at radius 1 is 1.05 bits per heavy atom. The maximum atomic E-state index is 6.14. The second-order valence-electron chi connectivity index (χ2n) is 5.96. The van der Waals surface area contributed by atoms with Crippen LogP contribution in [0.5, 0.6) is 0 Å². The molecule has 1 nitrogen and oxygen atoms in total. The maximum Gasteiger partial charge on any atom is 0.0409 e. The summed E-state index contributed by atoms with van der Waals surface area (Å²) in [5.41, 5.74) is 4.34. The molecule has 0 amide bonds. The molecule has 3 atom stereocenters. The number of rotatable bonds is 3. The van der Waals surface area contributed by atoms with Gasteiger partial charge in [0.15, 0.2) is 0 Å². The van der Waals surface area contributed by atoms with Crippen LogP contribution in [0.25, 0.3) is 0 Å². The molecule has 2 aliphatic rings. The van der Waals surface area contributed by atoms with Gasteiger partial charge < -0.3 is 5.32 Å². The summed E-state index contributed by atoms with van der Waals surface area (Å²) in [6.07, 6.45) is 3.64. The zero-order valence-electron chi connectivity index (χ0n) is 11.4. The van der Waals surface area contributed by atoms with E-state index in [2.05, 4.69) is 47.8 Å². The predicted molar refractivity (Wildman–Crippen MR) is 83.2 cm³/mol. The van der Waals surface area contributed by atoms with Gasteiger partial charge in [-0.2, -0.15) is 0 Å². The third-order valence-corrected chi connectivity index (χ3v) is 4.85. The van der Waals surface area contributed by atoms with E-state index >= 15 is 0 Å². The molecule has 1 fully saturated rings. The molecule has 20 heavy (non-hydrogen) atoms. The van der Waals surface area contributed by atoms with Crippen LogP contribution in [0, 0.1) is 0 Å². The normalized spacial score (nSPS) is 27.4. The number of hydrogen-bond acceptors (Lipinski definition) is 1. The number of aryl methyl sites for hydroxylation is 1. The van der Waals surface area contributed by atoms with Gasteiger partial charge in [-0.15, -0.1) is 0 Å². The van der Waals surface area contributed by atoms with Crippen LogP contribution in [0.1, 0.15) is 41.5 Å². The Hall–Kier alpha value is -1.31. The first-order valence-corrected chi connectivity index (χ1v) is 7.78. The largest absolute Gasteiger partial charge is 0.307 e. The van der Waals surface area contributed by atoms with Crippen LogP contribution in [0.2, 0.25) is 5.02 Å². The van der Waals surface area contributed by atoms with E-state index in [9.17, 15) is 0 Å². The van der Waals surface area contributed by atoms with E-state index in [-0.39, 0.29) is 0 Å². The Morgan fingerprint density at radius 3 is 2.75 bits per heavy atom. The smallest absolute Gasteiger partial charge is 0.0409 e. The molecule has 2 aromatic carbocycles. The van der Waals surface area contributed by atoms with E-state index in [1.807, 2.05) is 6.07 Å². The van der Waals surface area contributed by atoms with E-state index < -0.39 is 0 Å². The van der Waals surface area contributed by atoms with Crippen LogP contribution in [0.15, 0.2) is 48.5 Å². The van der Waals surface area contributed by atoms with Crippen molar-refractivity contribution < 1.29 is 0 Å². The molecule has 0 radical (unpaired) electrons. The van der Waals surface area contributed by atoms with Crippen molar-refractivity contribution in [3.8, 4) is 0 Å². The van der Waals surface area contributed by atoms with Crippen molar-refractivity contribution in [3.05, 3.63) is 70.2 Å². The van der Waals surface area contributed by atoms with Crippen LogP contribution < -0.4 is 5.32 Å². The summed E-state index contributed by atoms with van der Waals surface area (Å²) in [6, 6.07) is 18.3. The van der Waals surface area contributed by atoms with Crippen molar-refractivity contribution in [1.29, 1.82) is 0 Å². The zero-order valence-corrected chi connectivity index (χ0v) is 12.1. The Morgan fingerprint density at radius 2 is 1.90 bits per heavy atom. The van der Waals surface area contributed by atoms with Gasteiger partial charge in [-0.25, -0.2) is 0 Å². The minimum atomic E-state index is 0.488. The van der Waals surface area contributed by atoms with E-state index in [0.717, 1.165) is 5.02 Å². The maximum absolute atomic E-state index is 6.14. The fraction of sp³-hybridized carbons (Fsp3) is 0.333. The van der Waals surface area contributed by atoms with Crippen molar-refractivity contribution in [2.75, 3.05) is 0 Å². The van der Waals surface area contributed by atoms with Crippen LogP contribution in [-0.4, -0.2) is 6.04 Å². The molecule has 4 rings (SSSR count). The number of hydrogen-bond donors (Lipinski definition) is 1. The standard InChI is InChI=1S/C18H18ClN/c19-14-8-6-13-7-9-17(15(13)10-14)20-18-11-16(18)12-4-2-1-3-5-12/h1-6,8,10,16-18,20H,7,9,11H2/t16-,17?,18+/m1/s1. The average Bonchev–Trinajstić information content (AvgIpc) is 3.14. The Kier molecular flexibility index (Phi) is 3.05. The molecule has 102 valence electrons. The van der Waals surface area contributed by atoms with Gasteiger partial charge >= 0.3 is 0 Å². The van der Waals surface area contributed by atoms with Crippen molar-refractivity contribution in [2.24, 2.45) is 0 Å². The highest BCUT2D eigenvalue weighted by Gasteiger charge is 2.40. The molecule has 1 unspecified atom stereocenters. The molecule has 1 saturated carbocycles. The van der Waals surface area contributed by atoms with Crippen LogP contribution >= 0.6 is 11.6 Å². The summed E-state index contributed by atoms with van der Waals surface area (Å²) in [5, 5.41) is 4.68. The van der Waals surface area contributed by atoms with Crippen LogP contribution in [0.4, 0.5) is 0 Å². The number of benzene rings is 2. The Balaban J connectivity index is 1.47.